The smallest absolute Gasteiger partial charge is 0.306 e. The van der Waals surface area contributed by atoms with E-state index in [4.69, 9.17) is 5.11 Å². The maximum Gasteiger partial charge on any atom is 0.306 e. The van der Waals surface area contributed by atoms with Gasteiger partial charge in [0, 0.05) is 18.6 Å². The number of carboxylic acid groups (broad SMARTS) is 1. The Bertz CT molecular complexity index is 321. The first kappa shape index (κ1) is 12.4. The lowest BCUT2D eigenvalue weighted by Crippen LogP contribution is -2.49. The van der Waals surface area contributed by atoms with Gasteiger partial charge in [-0.05, 0) is 51.1 Å². The molecule has 0 radical (unpaired) electrons. The molecule has 4 nitrogen and oxygen atoms in total. The Kier molecular flexibility index (Phi) is 3.57. The minimum atomic E-state index is -0.600. The number of piperidine rings is 1. The topological polar surface area (TPSA) is 52.6 Å². The average molecular weight is 252 g/mol. The summed E-state index contributed by atoms with van der Waals surface area (Å²) in [5.74, 6) is 0.0982. The van der Waals surface area contributed by atoms with Crippen LogP contribution < -0.4 is 5.32 Å². The predicted molar refractivity (Wildman–Crippen MR) is 69.5 cm³/mol. The van der Waals surface area contributed by atoms with Crippen molar-refractivity contribution < 1.29 is 9.90 Å². The molecule has 3 aliphatic rings. The van der Waals surface area contributed by atoms with Crippen molar-refractivity contribution in [1.29, 1.82) is 0 Å². The molecule has 0 amide bonds. The standard InChI is InChI=1S/C14H24N2O2/c17-14(18)10-2-1-3-12(8-10)15-13-5-7-16-6-4-11(13)9-16/h10-13,15H,1-9H2,(H,17,18). The molecule has 2 aliphatic heterocycles. The van der Waals surface area contributed by atoms with Gasteiger partial charge in [-0.25, -0.2) is 0 Å². The fourth-order valence-corrected chi connectivity index (χ4v) is 4.04. The monoisotopic (exact) mass is 252 g/mol. The second-order valence-corrected chi connectivity index (χ2v) is 6.31. The molecular formula is C14H24N2O2. The van der Waals surface area contributed by atoms with E-state index in [-0.39, 0.29) is 5.92 Å². The van der Waals surface area contributed by atoms with Gasteiger partial charge in [0.2, 0.25) is 0 Å². The Labute approximate surface area is 109 Å². The third-order valence-electron chi connectivity index (χ3n) is 5.11. The van der Waals surface area contributed by atoms with Gasteiger partial charge in [0.25, 0.3) is 0 Å². The van der Waals surface area contributed by atoms with Gasteiger partial charge in [0.15, 0.2) is 0 Å². The maximum absolute atomic E-state index is 11.1. The molecule has 2 saturated heterocycles. The lowest BCUT2D eigenvalue weighted by Gasteiger charge is -2.36. The third kappa shape index (κ3) is 2.54. The Balaban J connectivity index is 1.54. The maximum atomic E-state index is 11.1. The fourth-order valence-electron chi connectivity index (χ4n) is 4.04. The first-order chi connectivity index (χ1) is 8.72. The zero-order valence-corrected chi connectivity index (χ0v) is 11.0. The van der Waals surface area contributed by atoms with Gasteiger partial charge in [-0.2, -0.15) is 0 Å². The lowest BCUT2D eigenvalue weighted by molar-refractivity contribution is -0.143. The first-order valence-corrected chi connectivity index (χ1v) is 7.43. The van der Waals surface area contributed by atoms with Crippen molar-refractivity contribution in [2.75, 3.05) is 19.6 Å². The van der Waals surface area contributed by atoms with Crippen LogP contribution in [0.2, 0.25) is 0 Å². The normalized spacial score (nSPS) is 43.9. The van der Waals surface area contributed by atoms with Gasteiger partial charge in [0.1, 0.15) is 0 Å². The van der Waals surface area contributed by atoms with E-state index in [1.54, 1.807) is 0 Å². The van der Waals surface area contributed by atoms with Crippen LogP contribution in [-0.2, 0) is 4.79 Å². The van der Waals surface area contributed by atoms with E-state index in [1.165, 1.54) is 32.5 Å². The number of rotatable bonds is 3. The first-order valence-electron chi connectivity index (χ1n) is 7.43. The lowest BCUT2D eigenvalue weighted by atomic mass is 9.84. The van der Waals surface area contributed by atoms with Crippen molar-refractivity contribution in [1.82, 2.24) is 10.2 Å². The molecule has 102 valence electrons. The summed E-state index contributed by atoms with van der Waals surface area (Å²) in [5.41, 5.74) is 0. The number of hydrogen-bond donors (Lipinski definition) is 2. The van der Waals surface area contributed by atoms with Crippen LogP contribution in [0.1, 0.15) is 38.5 Å². The van der Waals surface area contributed by atoms with Crippen LogP contribution in [0, 0.1) is 11.8 Å². The van der Waals surface area contributed by atoms with E-state index in [0.717, 1.165) is 31.6 Å². The number of carbonyl (C=O) groups is 1. The van der Waals surface area contributed by atoms with Crippen LogP contribution in [0.5, 0.6) is 0 Å². The average Bonchev–Trinajstić information content (AvgIpc) is 2.76. The molecule has 3 rings (SSSR count). The largest absolute Gasteiger partial charge is 0.481 e. The number of nitrogens with one attached hydrogen (secondary N) is 1. The summed E-state index contributed by atoms with van der Waals surface area (Å²) in [6.45, 7) is 3.75. The molecule has 2 bridgehead atoms. The highest BCUT2D eigenvalue weighted by molar-refractivity contribution is 5.70. The van der Waals surface area contributed by atoms with Crippen molar-refractivity contribution in [2.45, 2.75) is 50.6 Å². The molecule has 5 unspecified atom stereocenters. The van der Waals surface area contributed by atoms with Crippen LogP contribution >= 0.6 is 0 Å². The summed E-state index contributed by atoms with van der Waals surface area (Å²) in [6.07, 6.45) is 6.51. The minimum absolute atomic E-state index is 0.111. The van der Waals surface area contributed by atoms with Crippen LogP contribution in [0.15, 0.2) is 0 Å². The van der Waals surface area contributed by atoms with Crippen molar-refractivity contribution in [3.05, 3.63) is 0 Å². The van der Waals surface area contributed by atoms with Crippen molar-refractivity contribution in [2.24, 2.45) is 11.8 Å². The number of aliphatic carboxylic acids is 1. The van der Waals surface area contributed by atoms with E-state index in [9.17, 15) is 4.79 Å². The summed E-state index contributed by atoms with van der Waals surface area (Å²) in [7, 11) is 0. The minimum Gasteiger partial charge on any atom is -0.481 e. The summed E-state index contributed by atoms with van der Waals surface area (Å²) in [6, 6.07) is 1.08. The van der Waals surface area contributed by atoms with Crippen LogP contribution in [0.3, 0.4) is 0 Å². The van der Waals surface area contributed by atoms with E-state index in [2.05, 4.69) is 10.2 Å². The molecule has 4 heteroatoms. The SMILES string of the molecule is O=C(O)C1CCCC(NC2CCN3CCC2C3)C1. The molecular weight excluding hydrogens is 228 g/mol. The third-order valence-corrected chi connectivity index (χ3v) is 5.11. The zero-order valence-electron chi connectivity index (χ0n) is 11.0. The second-order valence-electron chi connectivity index (χ2n) is 6.31. The van der Waals surface area contributed by atoms with Crippen molar-refractivity contribution in [3.63, 3.8) is 0 Å². The molecule has 5 atom stereocenters. The summed E-state index contributed by atoms with van der Waals surface area (Å²) in [4.78, 5) is 13.6. The van der Waals surface area contributed by atoms with Gasteiger partial charge in [-0.3, -0.25) is 4.79 Å². The molecule has 0 aromatic rings. The molecule has 0 spiro atoms. The highest BCUT2D eigenvalue weighted by Gasteiger charge is 2.36. The highest BCUT2D eigenvalue weighted by atomic mass is 16.4. The molecule has 0 aromatic carbocycles. The quantitative estimate of drug-likeness (QED) is 0.795. The molecule has 1 aliphatic carbocycles. The van der Waals surface area contributed by atoms with Crippen molar-refractivity contribution >= 4 is 5.97 Å². The van der Waals surface area contributed by atoms with Gasteiger partial charge >= 0.3 is 5.97 Å². The van der Waals surface area contributed by atoms with Gasteiger partial charge in [-0.1, -0.05) is 6.42 Å². The number of carboxylic acids is 1. The molecule has 2 heterocycles. The molecule has 18 heavy (non-hydrogen) atoms. The van der Waals surface area contributed by atoms with E-state index >= 15 is 0 Å². The number of fused-ring (bicyclic) bond motifs is 2. The Morgan fingerprint density at radius 3 is 2.83 bits per heavy atom. The Morgan fingerprint density at radius 2 is 2.00 bits per heavy atom. The van der Waals surface area contributed by atoms with Gasteiger partial charge in [0.05, 0.1) is 5.92 Å². The van der Waals surface area contributed by atoms with E-state index in [1.807, 2.05) is 0 Å². The van der Waals surface area contributed by atoms with Crippen molar-refractivity contribution in [3.8, 4) is 0 Å². The molecule has 0 aromatic heterocycles. The zero-order chi connectivity index (χ0) is 12.5. The predicted octanol–water partition coefficient (Wildman–Crippen LogP) is 1.31. The molecule has 2 N–H and O–H groups in total. The molecule has 1 saturated carbocycles. The number of hydrogen-bond acceptors (Lipinski definition) is 3. The Hall–Kier alpha value is -0.610. The van der Waals surface area contributed by atoms with E-state index < -0.39 is 5.97 Å². The van der Waals surface area contributed by atoms with Crippen LogP contribution in [-0.4, -0.2) is 47.7 Å². The molecule has 3 fully saturated rings. The summed E-state index contributed by atoms with van der Waals surface area (Å²) < 4.78 is 0. The second kappa shape index (κ2) is 5.17. The summed E-state index contributed by atoms with van der Waals surface area (Å²) in [5, 5.41) is 12.9. The van der Waals surface area contributed by atoms with Gasteiger partial charge in [-0.15, -0.1) is 0 Å². The van der Waals surface area contributed by atoms with Gasteiger partial charge < -0.3 is 15.3 Å². The van der Waals surface area contributed by atoms with E-state index in [0.29, 0.717) is 12.1 Å². The Morgan fingerprint density at radius 1 is 1.17 bits per heavy atom. The van der Waals surface area contributed by atoms with Crippen LogP contribution in [0.25, 0.3) is 0 Å². The summed E-state index contributed by atoms with van der Waals surface area (Å²) >= 11 is 0. The highest BCUT2D eigenvalue weighted by Crippen LogP contribution is 2.30. The van der Waals surface area contributed by atoms with Crippen LogP contribution in [0.4, 0.5) is 0 Å². The fraction of sp³-hybridized carbons (Fsp3) is 0.929. The number of nitrogens with zero attached hydrogens (tertiary/aromatic N) is 1.